The first kappa shape index (κ1) is 27.0. The van der Waals surface area contributed by atoms with E-state index in [0.29, 0.717) is 0 Å². The van der Waals surface area contributed by atoms with Crippen LogP contribution in [-0.4, -0.2) is 15.0 Å². The Labute approximate surface area is 285 Å². The quantitative estimate of drug-likeness (QED) is 0.200. The lowest BCUT2D eigenvalue weighted by atomic mass is 9.98. The summed E-state index contributed by atoms with van der Waals surface area (Å²) >= 11 is 1.87. The van der Waals surface area contributed by atoms with E-state index in [9.17, 15) is 0 Å². The average molecular weight is 647 g/mol. The first-order valence-electron chi connectivity index (χ1n) is 16.8. The predicted octanol–water partition coefficient (Wildman–Crippen LogP) is 11.7. The zero-order valence-electron chi connectivity index (χ0n) is 26.5. The fraction of sp³-hybridized carbons (Fsp3) is 0.0455. The summed E-state index contributed by atoms with van der Waals surface area (Å²) in [6.45, 7) is 0. The first-order chi connectivity index (χ1) is 24.2. The summed E-state index contributed by atoms with van der Waals surface area (Å²) in [5.41, 5.74) is 16.3. The summed E-state index contributed by atoms with van der Waals surface area (Å²) < 4.78 is 7.40. The third-order valence-electron chi connectivity index (χ3n) is 10.5. The van der Waals surface area contributed by atoms with Gasteiger partial charge in [-0.25, -0.2) is 0 Å². The van der Waals surface area contributed by atoms with E-state index in [1.807, 2.05) is 11.3 Å². The van der Waals surface area contributed by atoms with Gasteiger partial charge >= 0.3 is 0 Å². The minimum absolute atomic E-state index is 0.170. The van der Waals surface area contributed by atoms with Crippen LogP contribution < -0.4 is 11.1 Å². The molecule has 0 spiro atoms. The highest BCUT2D eigenvalue weighted by Crippen LogP contribution is 2.48. The number of anilines is 2. The van der Waals surface area contributed by atoms with Crippen molar-refractivity contribution in [2.45, 2.75) is 12.5 Å². The summed E-state index contributed by atoms with van der Waals surface area (Å²) in [5, 5.41) is 12.5. The predicted molar refractivity (Wildman–Crippen MR) is 211 cm³/mol. The molecule has 6 aromatic carbocycles. The van der Waals surface area contributed by atoms with E-state index in [4.69, 9.17) is 5.73 Å². The molecule has 0 fully saturated rings. The van der Waals surface area contributed by atoms with Gasteiger partial charge in [0.05, 0.1) is 32.5 Å². The van der Waals surface area contributed by atoms with E-state index in [0.717, 1.165) is 34.6 Å². The molecule has 1 aliphatic rings. The molecular weight excluding hydrogens is 617 g/mol. The number of hydrogen-bond acceptors (Lipinski definition) is 3. The van der Waals surface area contributed by atoms with Gasteiger partial charge in [-0.15, -0.1) is 11.3 Å². The van der Waals surface area contributed by atoms with Crippen LogP contribution in [0.1, 0.15) is 6.42 Å². The lowest BCUT2D eigenvalue weighted by molar-refractivity contribution is 0.874. The molecule has 0 radical (unpaired) electrons. The van der Waals surface area contributed by atoms with Crippen molar-refractivity contribution >= 4 is 92.0 Å². The number of aromatic nitrogens is 2. The van der Waals surface area contributed by atoms with Crippen molar-refractivity contribution in [3.05, 3.63) is 146 Å². The minimum Gasteiger partial charge on any atom is -0.395 e. The zero-order chi connectivity index (χ0) is 32.2. The molecule has 0 saturated carbocycles. The van der Waals surface area contributed by atoms with E-state index in [1.165, 1.54) is 69.3 Å². The Bertz CT molecular complexity index is 3010. The number of nitrogens with zero attached hydrogens (tertiary/aromatic N) is 2. The zero-order valence-corrected chi connectivity index (χ0v) is 27.3. The van der Waals surface area contributed by atoms with Gasteiger partial charge in [-0.1, -0.05) is 103 Å². The third kappa shape index (κ3) is 3.73. The first-order valence-corrected chi connectivity index (χ1v) is 17.7. The Balaban J connectivity index is 1.22. The molecule has 4 heterocycles. The normalized spacial score (nSPS) is 15.0. The van der Waals surface area contributed by atoms with Crippen LogP contribution >= 0.6 is 11.3 Å². The minimum atomic E-state index is 0.170. The highest BCUT2D eigenvalue weighted by molar-refractivity contribution is 7.26. The average Bonchev–Trinajstić information content (AvgIpc) is 3.87. The van der Waals surface area contributed by atoms with Gasteiger partial charge in [0.1, 0.15) is 5.82 Å². The maximum absolute atomic E-state index is 7.20. The van der Waals surface area contributed by atoms with Crippen LogP contribution in [0, 0.1) is 0 Å². The number of rotatable bonds is 4. The van der Waals surface area contributed by atoms with Crippen molar-refractivity contribution in [1.82, 2.24) is 8.97 Å². The van der Waals surface area contributed by atoms with Crippen molar-refractivity contribution in [3.8, 4) is 16.8 Å². The largest absolute Gasteiger partial charge is 0.395 e. The monoisotopic (exact) mass is 646 g/mol. The number of allylic oxidation sites excluding steroid dienone is 2. The van der Waals surface area contributed by atoms with Gasteiger partial charge in [0.2, 0.25) is 0 Å². The van der Waals surface area contributed by atoms with Crippen molar-refractivity contribution in [1.29, 1.82) is 0 Å². The van der Waals surface area contributed by atoms with Crippen LogP contribution in [0.4, 0.5) is 11.5 Å². The topological polar surface area (TPSA) is 47.4 Å². The summed E-state index contributed by atoms with van der Waals surface area (Å²) in [7, 11) is 0. The molecule has 1 atom stereocenters. The molecule has 1 unspecified atom stereocenters. The van der Waals surface area contributed by atoms with E-state index in [-0.39, 0.29) is 6.04 Å². The molecule has 10 aromatic rings. The van der Waals surface area contributed by atoms with Crippen molar-refractivity contribution in [2.24, 2.45) is 0 Å². The summed E-state index contributed by atoms with van der Waals surface area (Å²) in [4.78, 5) is 0. The van der Waals surface area contributed by atoms with Gasteiger partial charge in [0.15, 0.2) is 0 Å². The molecule has 0 amide bonds. The van der Waals surface area contributed by atoms with E-state index in [2.05, 4.69) is 160 Å². The maximum atomic E-state index is 7.20. The number of nitrogen functional groups attached to an aromatic ring is 1. The number of para-hydroxylation sites is 2. The molecule has 1 aliphatic carbocycles. The number of hydrogen-bond donors (Lipinski definition) is 2. The van der Waals surface area contributed by atoms with Crippen LogP contribution in [0.15, 0.2) is 146 Å². The second-order valence-electron chi connectivity index (χ2n) is 13.2. The molecule has 3 N–H and O–H groups in total. The highest BCUT2D eigenvalue weighted by atomic mass is 32.1. The molecule has 0 bridgehead atoms. The smallest absolute Gasteiger partial charge is 0.135 e. The molecule has 49 heavy (non-hydrogen) atoms. The lowest BCUT2D eigenvalue weighted by Gasteiger charge is -2.17. The van der Waals surface area contributed by atoms with Crippen LogP contribution in [-0.2, 0) is 0 Å². The van der Waals surface area contributed by atoms with Crippen LogP contribution in [0.25, 0.3) is 86.0 Å². The Morgan fingerprint density at radius 3 is 2.24 bits per heavy atom. The Morgan fingerprint density at radius 2 is 1.37 bits per heavy atom. The van der Waals surface area contributed by atoms with Gasteiger partial charge < -0.3 is 15.6 Å². The van der Waals surface area contributed by atoms with Gasteiger partial charge in [0.25, 0.3) is 0 Å². The van der Waals surface area contributed by atoms with Crippen LogP contribution in [0.2, 0.25) is 0 Å². The number of benzene rings is 6. The lowest BCUT2D eigenvalue weighted by Crippen LogP contribution is -2.18. The number of nitrogens with two attached hydrogens (primary N) is 1. The van der Waals surface area contributed by atoms with Gasteiger partial charge in [0, 0.05) is 54.1 Å². The van der Waals surface area contributed by atoms with Crippen LogP contribution in [0.5, 0.6) is 0 Å². The Kier molecular flexibility index (Phi) is 5.50. The second kappa shape index (κ2) is 9.99. The Hall–Kier alpha value is -6.04. The van der Waals surface area contributed by atoms with Crippen molar-refractivity contribution < 1.29 is 0 Å². The van der Waals surface area contributed by atoms with Gasteiger partial charge in [-0.05, 0) is 60.0 Å². The summed E-state index contributed by atoms with van der Waals surface area (Å²) in [5.74, 6) is 0.974. The van der Waals surface area contributed by atoms with Gasteiger partial charge in [-0.2, -0.15) is 0 Å². The Morgan fingerprint density at radius 1 is 0.612 bits per heavy atom. The molecule has 4 aromatic heterocycles. The highest BCUT2D eigenvalue weighted by Gasteiger charge is 2.25. The van der Waals surface area contributed by atoms with Crippen molar-refractivity contribution in [2.75, 3.05) is 11.1 Å². The number of nitrogens with one attached hydrogen (secondary N) is 1. The number of thiophene rings is 1. The molecule has 0 aliphatic heterocycles. The van der Waals surface area contributed by atoms with Crippen molar-refractivity contribution in [3.63, 3.8) is 0 Å². The molecule has 232 valence electrons. The standard InChI is InChI=1S/C44H30N4S/c45-40-36-24-27(26-19-20-31-30-15-7-9-17-37(30)47(38(31)25-26)29-13-5-2-6-14-29)23-35-33-21-22-34-32-16-8-10-18-39(32)49-43(34)42(33)48(41(35)36)44(40)46-28-11-3-1-4-12-28/h1-11,13-25,28,46H,12,45H2. The second-order valence-corrected chi connectivity index (χ2v) is 14.2. The van der Waals surface area contributed by atoms with Crippen LogP contribution in [0.3, 0.4) is 0 Å². The molecule has 4 nitrogen and oxygen atoms in total. The van der Waals surface area contributed by atoms with E-state index >= 15 is 0 Å². The SMILES string of the molecule is Nc1c(NC2C=CC=CC2)n2c3c1cc(-c1ccc4c5ccccc5n(-c5ccccc5)c4c1)cc3c1ccc3c4ccccc4sc3c12. The van der Waals surface area contributed by atoms with E-state index in [1.54, 1.807) is 0 Å². The summed E-state index contributed by atoms with van der Waals surface area (Å²) in [6, 6.07) is 44.5. The molecular formula is C44H30N4S. The maximum Gasteiger partial charge on any atom is 0.135 e. The fourth-order valence-corrected chi connectivity index (χ4v) is 9.50. The molecule has 0 saturated heterocycles. The van der Waals surface area contributed by atoms with E-state index < -0.39 is 0 Å². The fourth-order valence-electron chi connectivity index (χ4n) is 8.26. The van der Waals surface area contributed by atoms with Gasteiger partial charge in [-0.3, -0.25) is 4.40 Å². The molecule has 5 heteroatoms. The third-order valence-corrected chi connectivity index (χ3v) is 11.7. The summed E-state index contributed by atoms with van der Waals surface area (Å²) in [6.07, 6.45) is 9.60. The molecule has 11 rings (SSSR count). The number of fused-ring (bicyclic) bond motifs is 10.